The number of amides is 2. The SMILES string of the molecule is COc1cccc(C(=O)Nc2cccc(SC(C(=O)Nc3cccc(C)c3C)c3ccccc3)c2)c1. The predicted molar refractivity (Wildman–Crippen MR) is 147 cm³/mol. The summed E-state index contributed by atoms with van der Waals surface area (Å²) in [5.41, 5.74) is 5.02. The molecule has 4 aromatic rings. The fourth-order valence-corrected chi connectivity index (χ4v) is 4.82. The Kier molecular flexibility index (Phi) is 8.08. The van der Waals surface area contributed by atoms with Crippen molar-refractivity contribution in [1.82, 2.24) is 0 Å². The van der Waals surface area contributed by atoms with E-state index in [1.165, 1.54) is 11.8 Å². The second-order valence-electron chi connectivity index (χ2n) is 8.36. The predicted octanol–water partition coefficient (Wildman–Crippen LogP) is 7.04. The molecule has 0 aromatic heterocycles. The maximum Gasteiger partial charge on any atom is 0.255 e. The van der Waals surface area contributed by atoms with Crippen LogP contribution < -0.4 is 15.4 Å². The van der Waals surface area contributed by atoms with Gasteiger partial charge in [-0.3, -0.25) is 9.59 Å². The van der Waals surface area contributed by atoms with E-state index in [1.54, 1.807) is 31.4 Å². The Hall–Kier alpha value is -4.03. The van der Waals surface area contributed by atoms with Crippen LogP contribution in [0.5, 0.6) is 5.75 Å². The summed E-state index contributed by atoms with van der Waals surface area (Å²) in [6.07, 6.45) is 0. The van der Waals surface area contributed by atoms with Gasteiger partial charge < -0.3 is 15.4 Å². The van der Waals surface area contributed by atoms with Crippen LogP contribution in [0.3, 0.4) is 0 Å². The summed E-state index contributed by atoms with van der Waals surface area (Å²) in [6.45, 7) is 4.03. The molecule has 1 atom stereocenters. The van der Waals surface area contributed by atoms with Crippen LogP contribution in [0.1, 0.15) is 32.3 Å². The highest BCUT2D eigenvalue weighted by molar-refractivity contribution is 8.00. The Morgan fingerprint density at radius 2 is 1.56 bits per heavy atom. The monoisotopic (exact) mass is 496 g/mol. The Bertz CT molecular complexity index is 1370. The number of hydrogen-bond acceptors (Lipinski definition) is 4. The van der Waals surface area contributed by atoms with Gasteiger partial charge in [-0.05, 0) is 73.0 Å². The van der Waals surface area contributed by atoms with Crippen LogP contribution in [0.25, 0.3) is 0 Å². The third kappa shape index (κ3) is 6.15. The van der Waals surface area contributed by atoms with Crippen LogP contribution in [0.2, 0.25) is 0 Å². The van der Waals surface area contributed by atoms with Crippen molar-refractivity contribution in [3.63, 3.8) is 0 Å². The van der Waals surface area contributed by atoms with E-state index in [9.17, 15) is 9.59 Å². The number of carbonyl (C=O) groups is 2. The minimum Gasteiger partial charge on any atom is -0.497 e. The Morgan fingerprint density at radius 3 is 2.33 bits per heavy atom. The maximum absolute atomic E-state index is 13.5. The van der Waals surface area contributed by atoms with Crippen molar-refractivity contribution in [2.45, 2.75) is 24.0 Å². The first-order valence-electron chi connectivity index (χ1n) is 11.6. The zero-order valence-corrected chi connectivity index (χ0v) is 21.3. The fourth-order valence-electron chi connectivity index (χ4n) is 3.74. The van der Waals surface area contributed by atoms with Gasteiger partial charge in [0.25, 0.3) is 5.91 Å². The number of aryl methyl sites for hydroxylation is 1. The summed E-state index contributed by atoms with van der Waals surface area (Å²) in [4.78, 5) is 27.1. The number of anilines is 2. The highest BCUT2D eigenvalue weighted by Gasteiger charge is 2.23. The van der Waals surface area contributed by atoms with Gasteiger partial charge in [0.05, 0.1) is 7.11 Å². The summed E-state index contributed by atoms with van der Waals surface area (Å²) < 4.78 is 5.22. The number of nitrogens with one attached hydrogen (secondary N) is 2. The van der Waals surface area contributed by atoms with Crippen LogP contribution in [0.4, 0.5) is 11.4 Å². The standard InChI is InChI=1S/C30H28N2O3S/c1-20-10-7-17-27(21(20)2)32-30(34)28(22-11-5-4-6-12-22)36-26-16-9-14-24(19-26)31-29(33)23-13-8-15-25(18-23)35-3/h4-19,28H,1-3H3,(H,31,33)(H,32,34). The summed E-state index contributed by atoms with van der Waals surface area (Å²) in [7, 11) is 1.57. The van der Waals surface area contributed by atoms with Gasteiger partial charge in [0, 0.05) is 21.8 Å². The number of benzene rings is 4. The van der Waals surface area contributed by atoms with Crippen molar-refractivity contribution >= 4 is 35.0 Å². The molecule has 4 aromatic carbocycles. The quantitative estimate of drug-likeness (QED) is 0.257. The van der Waals surface area contributed by atoms with Gasteiger partial charge in [-0.2, -0.15) is 0 Å². The smallest absolute Gasteiger partial charge is 0.255 e. The van der Waals surface area contributed by atoms with Crippen molar-refractivity contribution in [3.8, 4) is 5.75 Å². The molecular weight excluding hydrogens is 468 g/mol. The van der Waals surface area contributed by atoms with Crippen molar-refractivity contribution in [2.24, 2.45) is 0 Å². The van der Waals surface area contributed by atoms with Gasteiger partial charge in [0.15, 0.2) is 0 Å². The molecule has 0 heterocycles. The highest BCUT2D eigenvalue weighted by Crippen LogP contribution is 2.37. The van der Waals surface area contributed by atoms with Crippen LogP contribution in [-0.2, 0) is 4.79 Å². The van der Waals surface area contributed by atoms with Crippen molar-refractivity contribution in [1.29, 1.82) is 0 Å². The minimum absolute atomic E-state index is 0.106. The van der Waals surface area contributed by atoms with Gasteiger partial charge in [-0.1, -0.05) is 54.6 Å². The summed E-state index contributed by atoms with van der Waals surface area (Å²) >= 11 is 1.44. The molecule has 5 nitrogen and oxygen atoms in total. The number of carbonyl (C=O) groups excluding carboxylic acids is 2. The van der Waals surface area contributed by atoms with Crippen molar-refractivity contribution in [2.75, 3.05) is 17.7 Å². The summed E-state index contributed by atoms with van der Waals surface area (Å²) in [6, 6.07) is 30.1. The lowest BCUT2D eigenvalue weighted by atomic mass is 10.1. The number of rotatable bonds is 8. The third-order valence-electron chi connectivity index (χ3n) is 5.88. The zero-order chi connectivity index (χ0) is 25.5. The van der Waals surface area contributed by atoms with Gasteiger partial charge in [-0.25, -0.2) is 0 Å². The van der Waals surface area contributed by atoms with Gasteiger partial charge in [-0.15, -0.1) is 11.8 Å². The molecule has 0 saturated carbocycles. The average Bonchev–Trinajstić information content (AvgIpc) is 2.90. The molecule has 0 radical (unpaired) electrons. The lowest BCUT2D eigenvalue weighted by Crippen LogP contribution is -2.19. The van der Waals surface area contributed by atoms with Crippen molar-refractivity contribution in [3.05, 3.63) is 119 Å². The van der Waals surface area contributed by atoms with E-state index in [0.29, 0.717) is 17.0 Å². The molecule has 6 heteroatoms. The summed E-state index contributed by atoms with van der Waals surface area (Å²) in [5, 5.41) is 5.57. The van der Waals surface area contributed by atoms with Crippen molar-refractivity contribution < 1.29 is 14.3 Å². The Labute approximate surface area is 215 Å². The first-order chi connectivity index (χ1) is 17.4. The number of thioether (sulfide) groups is 1. The molecule has 182 valence electrons. The Morgan fingerprint density at radius 1 is 0.806 bits per heavy atom. The third-order valence-corrected chi connectivity index (χ3v) is 7.13. The minimum atomic E-state index is -0.476. The van der Waals surface area contributed by atoms with E-state index in [-0.39, 0.29) is 11.8 Å². The largest absolute Gasteiger partial charge is 0.497 e. The fraction of sp³-hybridized carbons (Fsp3) is 0.133. The molecular formula is C30H28N2O3S. The lowest BCUT2D eigenvalue weighted by molar-refractivity contribution is -0.115. The van der Waals surface area contributed by atoms with Gasteiger partial charge >= 0.3 is 0 Å². The van der Waals surface area contributed by atoms with Gasteiger partial charge in [0.2, 0.25) is 5.91 Å². The molecule has 2 amide bonds. The van der Waals surface area contributed by atoms with E-state index in [1.807, 2.05) is 86.6 Å². The second kappa shape index (κ2) is 11.6. The van der Waals surface area contributed by atoms with Crippen LogP contribution in [0, 0.1) is 13.8 Å². The molecule has 1 unspecified atom stereocenters. The van der Waals surface area contributed by atoms with E-state index in [2.05, 4.69) is 10.6 Å². The number of ether oxygens (including phenoxy) is 1. The van der Waals surface area contributed by atoms with Crippen LogP contribution in [-0.4, -0.2) is 18.9 Å². The first-order valence-corrected chi connectivity index (χ1v) is 12.5. The molecule has 36 heavy (non-hydrogen) atoms. The first kappa shape index (κ1) is 25.1. The number of hydrogen-bond donors (Lipinski definition) is 2. The lowest BCUT2D eigenvalue weighted by Gasteiger charge is -2.19. The highest BCUT2D eigenvalue weighted by atomic mass is 32.2. The van der Waals surface area contributed by atoms with Gasteiger partial charge in [0.1, 0.15) is 11.0 Å². The van der Waals surface area contributed by atoms with E-state index >= 15 is 0 Å². The topological polar surface area (TPSA) is 67.4 Å². The van der Waals surface area contributed by atoms with Crippen LogP contribution >= 0.6 is 11.8 Å². The van der Waals surface area contributed by atoms with E-state index < -0.39 is 5.25 Å². The van der Waals surface area contributed by atoms with E-state index in [4.69, 9.17) is 4.74 Å². The average molecular weight is 497 g/mol. The molecule has 4 rings (SSSR count). The molecule has 0 bridgehead atoms. The molecule has 0 aliphatic carbocycles. The molecule has 0 spiro atoms. The summed E-state index contributed by atoms with van der Waals surface area (Å²) in [5.74, 6) is 0.279. The molecule has 0 fully saturated rings. The number of methoxy groups -OCH3 is 1. The molecule has 2 N–H and O–H groups in total. The second-order valence-corrected chi connectivity index (χ2v) is 9.54. The Balaban J connectivity index is 1.55. The molecule has 0 saturated heterocycles. The maximum atomic E-state index is 13.5. The normalized spacial score (nSPS) is 11.4. The van der Waals surface area contributed by atoms with Crippen LogP contribution in [0.15, 0.2) is 102 Å². The molecule has 0 aliphatic heterocycles. The molecule has 0 aliphatic rings. The zero-order valence-electron chi connectivity index (χ0n) is 20.4. The van der Waals surface area contributed by atoms with E-state index in [0.717, 1.165) is 27.3 Å².